The molecule has 0 aliphatic carbocycles. The van der Waals surface area contributed by atoms with Gasteiger partial charge in [-0.25, -0.2) is 8.78 Å². The maximum Gasteiger partial charge on any atom is 0.416 e. The molecule has 2 N–H and O–H groups in total. The molecule has 0 bridgehead atoms. The SMILES string of the molecule is C[C@@H](c1cccc(N2Cc3c(cc(CN4CC(C)(F)C4)cc3C(F)(F)F)C2=O)c1)[C@H](F)C(=N)N(C)C=N.F. The van der Waals surface area contributed by atoms with Crippen molar-refractivity contribution in [2.24, 2.45) is 0 Å². The Morgan fingerprint density at radius 2 is 1.89 bits per heavy atom. The van der Waals surface area contributed by atoms with Crippen LogP contribution < -0.4 is 4.90 Å². The molecular formula is C26H29F6N5O. The number of nitrogens with one attached hydrogen (secondary N) is 2. The Labute approximate surface area is 216 Å². The number of fused-ring (bicyclic) bond motifs is 1. The van der Waals surface area contributed by atoms with E-state index >= 15 is 0 Å². The average Bonchev–Trinajstić information content (AvgIpc) is 3.16. The number of hydrogen-bond donors (Lipinski definition) is 2. The molecular weight excluding hydrogens is 512 g/mol. The van der Waals surface area contributed by atoms with Crippen molar-refractivity contribution in [3.05, 3.63) is 64.2 Å². The Hall–Kier alpha value is -3.41. The molecule has 2 aliphatic rings. The Kier molecular flexibility index (Phi) is 7.97. The first-order valence-corrected chi connectivity index (χ1v) is 11.7. The summed E-state index contributed by atoms with van der Waals surface area (Å²) in [5.74, 6) is -1.81. The van der Waals surface area contributed by atoms with E-state index in [9.17, 15) is 26.7 Å². The fourth-order valence-electron chi connectivity index (χ4n) is 4.92. The zero-order valence-corrected chi connectivity index (χ0v) is 21.1. The lowest BCUT2D eigenvalue weighted by atomic mass is 9.94. The Balaban J connectivity index is 0.00000400. The number of likely N-dealkylation sites (tertiary alicyclic amines) is 1. The van der Waals surface area contributed by atoms with Gasteiger partial charge in [0.1, 0.15) is 11.5 Å². The molecule has 0 saturated carbocycles. The number of hydrogen-bond acceptors (Lipinski definition) is 4. The lowest BCUT2D eigenvalue weighted by molar-refractivity contribution is -0.138. The van der Waals surface area contributed by atoms with Crippen LogP contribution in [0.4, 0.5) is 32.3 Å². The topological polar surface area (TPSA) is 74.5 Å². The van der Waals surface area contributed by atoms with Crippen molar-refractivity contribution in [2.75, 3.05) is 25.0 Å². The van der Waals surface area contributed by atoms with E-state index in [4.69, 9.17) is 10.8 Å². The summed E-state index contributed by atoms with van der Waals surface area (Å²) in [6, 6.07) is 8.78. The lowest BCUT2D eigenvalue weighted by Gasteiger charge is -2.42. The van der Waals surface area contributed by atoms with Crippen LogP contribution in [0.3, 0.4) is 0 Å². The molecule has 0 spiro atoms. The summed E-state index contributed by atoms with van der Waals surface area (Å²) < 4.78 is 70.7. The predicted molar refractivity (Wildman–Crippen MR) is 133 cm³/mol. The summed E-state index contributed by atoms with van der Waals surface area (Å²) in [7, 11) is 1.38. The van der Waals surface area contributed by atoms with Crippen LogP contribution in [-0.2, 0) is 19.3 Å². The molecule has 0 aromatic heterocycles. The van der Waals surface area contributed by atoms with Crippen LogP contribution in [0.5, 0.6) is 0 Å². The first kappa shape index (κ1) is 29.2. The molecule has 2 atom stereocenters. The highest BCUT2D eigenvalue weighted by Crippen LogP contribution is 2.40. The first-order valence-electron chi connectivity index (χ1n) is 11.7. The van der Waals surface area contributed by atoms with Gasteiger partial charge in [-0.3, -0.25) is 25.2 Å². The zero-order valence-electron chi connectivity index (χ0n) is 21.1. The minimum atomic E-state index is -4.68. The third-order valence-electron chi connectivity index (χ3n) is 6.90. The third-order valence-corrected chi connectivity index (χ3v) is 6.90. The molecule has 38 heavy (non-hydrogen) atoms. The molecule has 1 saturated heterocycles. The van der Waals surface area contributed by atoms with Gasteiger partial charge in [0.15, 0.2) is 6.17 Å². The van der Waals surface area contributed by atoms with Crippen molar-refractivity contribution in [1.29, 1.82) is 10.8 Å². The number of benzene rings is 2. The molecule has 2 aromatic carbocycles. The van der Waals surface area contributed by atoms with Crippen molar-refractivity contribution in [1.82, 2.24) is 9.80 Å². The smallest absolute Gasteiger partial charge is 0.322 e. The average molecular weight is 542 g/mol. The molecule has 2 aromatic rings. The highest BCUT2D eigenvalue weighted by Gasteiger charge is 2.42. The van der Waals surface area contributed by atoms with Gasteiger partial charge < -0.3 is 9.80 Å². The molecule has 0 radical (unpaired) electrons. The van der Waals surface area contributed by atoms with Gasteiger partial charge in [0.2, 0.25) is 0 Å². The van der Waals surface area contributed by atoms with Crippen molar-refractivity contribution < 1.29 is 31.5 Å². The van der Waals surface area contributed by atoms with Crippen molar-refractivity contribution in [3.8, 4) is 0 Å². The molecule has 0 unspecified atom stereocenters. The minimum Gasteiger partial charge on any atom is -0.322 e. The Morgan fingerprint density at radius 1 is 1.24 bits per heavy atom. The van der Waals surface area contributed by atoms with Crippen LogP contribution >= 0.6 is 0 Å². The quantitative estimate of drug-likeness (QED) is 0.276. The van der Waals surface area contributed by atoms with Crippen molar-refractivity contribution >= 4 is 23.8 Å². The van der Waals surface area contributed by atoms with Gasteiger partial charge in [0.25, 0.3) is 5.91 Å². The zero-order chi connectivity index (χ0) is 27.3. The fourth-order valence-corrected chi connectivity index (χ4v) is 4.92. The Morgan fingerprint density at radius 3 is 2.47 bits per heavy atom. The van der Waals surface area contributed by atoms with Gasteiger partial charge in [-0.1, -0.05) is 19.1 Å². The molecule has 1 fully saturated rings. The highest BCUT2D eigenvalue weighted by atomic mass is 19.4. The fraction of sp³-hybridized carbons (Fsp3) is 0.423. The number of rotatable bonds is 7. The van der Waals surface area contributed by atoms with Gasteiger partial charge in [-0.05, 0) is 47.9 Å². The second-order valence-electron chi connectivity index (χ2n) is 10.0. The number of carbonyl (C=O) groups is 1. The van der Waals surface area contributed by atoms with Crippen molar-refractivity contribution in [2.45, 2.75) is 50.9 Å². The normalized spacial score (nSPS) is 18.2. The van der Waals surface area contributed by atoms with Gasteiger partial charge in [-0.15, -0.1) is 0 Å². The number of amidine groups is 1. The van der Waals surface area contributed by atoms with E-state index in [0.717, 1.165) is 17.3 Å². The number of carbonyl (C=O) groups excluding carboxylic acids is 1. The largest absolute Gasteiger partial charge is 0.416 e. The monoisotopic (exact) mass is 541 g/mol. The van der Waals surface area contributed by atoms with Gasteiger partial charge >= 0.3 is 6.18 Å². The maximum atomic E-state index is 14.9. The van der Waals surface area contributed by atoms with Gasteiger partial charge in [0, 0.05) is 43.9 Å². The summed E-state index contributed by atoms with van der Waals surface area (Å²) in [5, 5.41) is 15.1. The Bertz CT molecular complexity index is 1240. The van der Waals surface area contributed by atoms with E-state index in [2.05, 4.69) is 0 Å². The second kappa shape index (κ2) is 10.4. The highest BCUT2D eigenvalue weighted by molar-refractivity contribution is 6.10. The van der Waals surface area contributed by atoms with E-state index in [-0.39, 0.29) is 47.6 Å². The molecule has 2 aliphatic heterocycles. The molecule has 1 amide bonds. The number of halogens is 6. The number of nitrogens with zero attached hydrogens (tertiary/aromatic N) is 3. The minimum absolute atomic E-state index is 0. The van der Waals surface area contributed by atoms with Crippen molar-refractivity contribution in [3.63, 3.8) is 0 Å². The molecule has 4 rings (SSSR count). The molecule has 2 heterocycles. The summed E-state index contributed by atoms with van der Waals surface area (Å²) in [6.07, 6.45) is -5.60. The number of anilines is 1. The van der Waals surface area contributed by atoms with Gasteiger partial charge in [-0.2, -0.15) is 13.2 Å². The summed E-state index contributed by atoms with van der Waals surface area (Å²) in [6.45, 7) is 3.02. The summed E-state index contributed by atoms with van der Waals surface area (Å²) in [5.41, 5.74) is -1.38. The number of amides is 1. The maximum absolute atomic E-state index is 14.9. The van der Waals surface area contributed by atoms with E-state index < -0.39 is 41.2 Å². The summed E-state index contributed by atoms with van der Waals surface area (Å²) in [4.78, 5) is 17.2. The molecule has 6 nitrogen and oxygen atoms in total. The standard InChI is InChI=1S/C26H28F5N5O.FH/c1-15(22(27)23(33)34(3)14-32)17-5-4-6-18(9-17)36-11-20-19(24(36)37)7-16(8-21(20)26(29,30)31)10-35-12-25(2,28)13-35;/h4-9,14-15,22,32-33H,10-13H2,1-3H3;1H/t15-,22-;/m0./s1. The molecule has 12 heteroatoms. The van der Waals surface area contributed by atoms with E-state index in [0.29, 0.717) is 11.3 Å². The second-order valence-corrected chi connectivity index (χ2v) is 10.0. The third kappa shape index (κ3) is 5.54. The van der Waals surface area contributed by atoms with Gasteiger partial charge in [0.05, 0.1) is 18.4 Å². The molecule has 206 valence electrons. The summed E-state index contributed by atoms with van der Waals surface area (Å²) >= 11 is 0. The first-order chi connectivity index (χ1) is 17.2. The van der Waals surface area contributed by atoms with Crippen LogP contribution in [0.2, 0.25) is 0 Å². The van der Waals surface area contributed by atoms with Crippen LogP contribution in [0, 0.1) is 10.8 Å². The predicted octanol–water partition coefficient (Wildman–Crippen LogP) is 5.52. The van der Waals surface area contributed by atoms with E-state index in [1.54, 1.807) is 30.0 Å². The number of alkyl halides is 5. The van der Waals surface area contributed by atoms with E-state index in [1.165, 1.54) is 31.0 Å². The van der Waals surface area contributed by atoms with Crippen LogP contribution in [0.1, 0.15) is 52.4 Å². The van der Waals surface area contributed by atoms with Crippen LogP contribution in [0.15, 0.2) is 36.4 Å². The van der Waals surface area contributed by atoms with E-state index in [1.807, 2.05) is 0 Å². The van der Waals surface area contributed by atoms with Crippen LogP contribution in [0.25, 0.3) is 0 Å². The van der Waals surface area contributed by atoms with Crippen LogP contribution in [-0.4, -0.2) is 59.9 Å². The lowest BCUT2D eigenvalue weighted by Crippen LogP contribution is -2.56.